The molecule has 0 heterocycles. The maximum Gasteiger partial charge on any atom is 0.161 e. The molecule has 2 aromatic rings. The molecule has 0 fully saturated rings. The van der Waals surface area contributed by atoms with Crippen molar-refractivity contribution >= 4 is 0 Å². The molecule has 0 aliphatic carbocycles. The van der Waals surface area contributed by atoms with Gasteiger partial charge in [-0.25, -0.2) is 0 Å². The van der Waals surface area contributed by atoms with Gasteiger partial charge in [-0.3, -0.25) is 0 Å². The molecule has 3 nitrogen and oxygen atoms in total. The molecule has 0 atom stereocenters. The Morgan fingerprint density at radius 3 is 2.25 bits per heavy atom. The topological polar surface area (TPSA) is 21.7 Å². The zero-order valence-electron chi connectivity index (χ0n) is 15.3. The summed E-state index contributed by atoms with van der Waals surface area (Å²) < 4.78 is 11.8. The van der Waals surface area contributed by atoms with Gasteiger partial charge in [-0.05, 0) is 70.6 Å². The van der Waals surface area contributed by atoms with Crippen LogP contribution in [0.25, 0.3) is 0 Å². The van der Waals surface area contributed by atoms with Gasteiger partial charge in [-0.1, -0.05) is 35.9 Å². The summed E-state index contributed by atoms with van der Waals surface area (Å²) >= 11 is 0. The van der Waals surface area contributed by atoms with E-state index in [-0.39, 0.29) is 0 Å². The lowest BCUT2D eigenvalue weighted by Gasteiger charge is -2.14. The van der Waals surface area contributed by atoms with Gasteiger partial charge in [0, 0.05) is 0 Å². The van der Waals surface area contributed by atoms with E-state index in [0.717, 1.165) is 36.4 Å². The predicted molar refractivity (Wildman–Crippen MR) is 100.0 cm³/mol. The van der Waals surface area contributed by atoms with Gasteiger partial charge in [-0.15, -0.1) is 0 Å². The first-order valence-corrected chi connectivity index (χ1v) is 8.67. The minimum atomic E-state index is 0.556. The molecule has 0 spiro atoms. The Morgan fingerprint density at radius 1 is 0.875 bits per heavy atom. The molecule has 3 heteroatoms. The van der Waals surface area contributed by atoms with Gasteiger partial charge in [0.2, 0.25) is 0 Å². The highest BCUT2D eigenvalue weighted by Crippen LogP contribution is 2.29. The van der Waals surface area contributed by atoms with Crippen LogP contribution < -0.4 is 9.47 Å². The Kier molecular flexibility index (Phi) is 7.13. The zero-order chi connectivity index (χ0) is 17.4. The van der Waals surface area contributed by atoms with Crippen LogP contribution in [0.2, 0.25) is 0 Å². The molecule has 0 amide bonds. The quantitative estimate of drug-likeness (QED) is 0.678. The van der Waals surface area contributed by atoms with E-state index in [2.05, 4.69) is 62.3 Å². The van der Waals surface area contributed by atoms with Crippen LogP contribution >= 0.6 is 0 Å². The molecule has 0 N–H and O–H groups in total. The first kappa shape index (κ1) is 18.3. The fraction of sp³-hybridized carbons (Fsp3) is 0.429. The van der Waals surface area contributed by atoms with Gasteiger partial charge in [-0.2, -0.15) is 0 Å². The smallest absolute Gasteiger partial charge is 0.161 e. The van der Waals surface area contributed by atoms with Crippen molar-refractivity contribution in [2.75, 3.05) is 27.2 Å². The highest BCUT2D eigenvalue weighted by Gasteiger charge is 2.07. The Balaban J connectivity index is 2.01. The first-order valence-electron chi connectivity index (χ1n) is 8.67. The van der Waals surface area contributed by atoms with Crippen molar-refractivity contribution < 1.29 is 9.47 Å². The van der Waals surface area contributed by atoms with E-state index in [1.54, 1.807) is 0 Å². The third-order valence-electron chi connectivity index (χ3n) is 3.89. The second kappa shape index (κ2) is 9.33. The van der Waals surface area contributed by atoms with Crippen LogP contribution in [0.1, 0.15) is 30.0 Å². The normalized spacial score (nSPS) is 10.9. The molecule has 2 aromatic carbocycles. The summed E-state index contributed by atoms with van der Waals surface area (Å²) in [6.07, 6.45) is 2.19. The summed E-state index contributed by atoms with van der Waals surface area (Å²) in [6.45, 7) is 6.38. The number of hydrogen-bond donors (Lipinski definition) is 0. The van der Waals surface area contributed by atoms with Crippen molar-refractivity contribution in [2.24, 2.45) is 0 Å². The van der Waals surface area contributed by atoms with Crippen molar-refractivity contribution in [2.45, 2.75) is 33.3 Å². The van der Waals surface area contributed by atoms with E-state index < -0.39 is 0 Å². The molecular weight excluding hydrogens is 298 g/mol. The molecule has 0 unspecified atom stereocenters. The van der Waals surface area contributed by atoms with Crippen molar-refractivity contribution in [3.8, 4) is 11.5 Å². The molecule has 0 aliphatic heterocycles. The van der Waals surface area contributed by atoms with E-state index >= 15 is 0 Å². The standard InChI is InChI=1S/C21H29NO2/c1-5-23-21-15-18(7-6-14-22(3)4)12-13-20(21)24-16-19-10-8-17(2)9-11-19/h8-13,15H,5-7,14,16H2,1-4H3. The molecule has 0 radical (unpaired) electrons. The molecule has 130 valence electrons. The second-order valence-corrected chi connectivity index (χ2v) is 6.40. The van der Waals surface area contributed by atoms with Gasteiger partial charge in [0.15, 0.2) is 11.5 Å². The van der Waals surface area contributed by atoms with Crippen molar-refractivity contribution in [3.05, 3.63) is 59.2 Å². The Morgan fingerprint density at radius 2 is 1.58 bits per heavy atom. The average molecular weight is 327 g/mol. The summed E-state index contributed by atoms with van der Waals surface area (Å²) in [5.41, 5.74) is 3.72. The summed E-state index contributed by atoms with van der Waals surface area (Å²) in [6, 6.07) is 14.7. The fourth-order valence-corrected chi connectivity index (χ4v) is 2.54. The van der Waals surface area contributed by atoms with E-state index in [9.17, 15) is 0 Å². The summed E-state index contributed by atoms with van der Waals surface area (Å²) in [5, 5.41) is 0. The van der Waals surface area contributed by atoms with Gasteiger partial charge in [0.25, 0.3) is 0 Å². The molecule has 0 aromatic heterocycles. The SMILES string of the molecule is CCOc1cc(CCCN(C)C)ccc1OCc1ccc(C)cc1. The molecule has 24 heavy (non-hydrogen) atoms. The zero-order valence-corrected chi connectivity index (χ0v) is 15.3. The minimum Gasteiger partial charge on any atom is -0.490 e. The number of hydrogen-bond acceptors (Lipinski definition) is 3. The molecular formula is C21H29NO2. The Hall–Kier alpha value is -2.00. The van der Waals surface area contributed by atoms with E-state index in [1.165, 1.54) is 11.1 Å². The monoisotopic (exact) mass is 327 g/mol. The van der Waals surface area contributed by atoms with E-state index in [1.807, 2.05) is 13.0 Å². The second-order valence-electron chi connectivity index (χ2n) is 6.40. The minimum absolute atomic E-state index is 0.556. The van der Waals surface area contributed by atoms with E-state index in [0.29, 0.717) is 13.2 Å². The van der Waals surface area contributed by atoms with E-state index in [4.69, 9.17) is 9.47 Å². The predicted octanol–water partition coefficient (Wildman–Crippen LogP) is 4.47. The lowest BCUT2D eigenvalue weighted by atomic mass is 10.1. The van der Waals surface area contributed by atoms with Crippen LogP contribution in [-0.2, 0) is 13.0 Å². The maximum atomic E-state index is 5.98. The van der Waals surface area contributed by atoms with Crippen LogP contribution in [0.3, 0.4) is 0 Å². The maximum absolute atomic E-state index is 5.98. The average Bonchev–Trinajstić information content (AvgIpc) is 2.55. The highest BCUT2D eigenvalue weighted by atomic mass is 16.5. The Labute approximate surface area is 146 Å². The fourth-order valence-electron chi connectivity index (χ4n) is 2.54. The van der Waals surface area contributed by atoms with Gasteiger partial charge in [0.1, 0.15) is 6.61 Å². The summed E-state index contributed by atoms with van der Waals surface area (Å²) in [4.78, 5) is 2.21. The van der Waals surface area contributed by atoms with Crippen molar-refractivity contribution in [3.63, 3.8) is 0 Å². The number of benzene rings is 2. The molecule has 0 saturated heterocycles. The summed E-state index contributed by atoms with van der Waals surface area (Å²) in [7, 11) is 4.21. The van der Waals surface area contributed by atoms with Crippen LogP contribution in [-0.4, -0.2) is 32.1 Å². The van der Waals surface area contributed by atoms with Gasteiger partial charge < -0.3 is 14.4 Å². The summed E-state index contributed by atoms with van der Waals surface area (Å²) in [5.74, 6) is 1.65. The lowest BCUT2D eigenvalue weighted by molar-refractivity contribution is 0.269. The van der Waals surface area contributed by atoms with Gasteiger partial charge >= 0.3 is 0 Å². The largest absolute Gasteiger partial charge is 0.490 e. The third kappa shape index (κ3) is 5.89. The lowest BCUT2D eigenvalue weighted by Crippen LogP contribution is -2.13. The number of nitrogens with zero attached hydrogens (tertiary/aromatic N) is 1. The van der Waals surface area contributed by atoms with Crippen LogP contribution in [0.4, 0.5) is 0 Å². The number of rotatable bonds is 9. The third-order valence-corrected chi connectivity index (χ3v) is 3.89. The number of aryl methyl sites for hydroxylation is 2. The molecule has 0 saturated carbocycles. The Bertz CT molecular complexity index is 620. The highest BCUT2D eigenvalue weighted by molar-refractivity contribution is 5.43. The first-order chi connectivity index (χ1) is 11.6. The molecule has 0 aliphatic rings. The van der Waals surface area contributed by atoms with Gasteiger partial charge in [0.05, 0.1) is 6.61 Å². The van der Waals surface area contributed by atoms with Crippen LogP contribution in [0, 0.1) is 6.92 Å². The number of ether oxygens (including phenoxy) is 2. The molecule has 0 bridgehead atoms. The van der Waals surface area contributed by atoms with Crippen LogP contribution in [0.15, 0.2) is 42.5 Å². The molecule has 2 rings (SSSR count). The van der Waals surface area contributed by atoms with Crippen LogP contribution in [0.5, 0.6) is 11.5 Å². The van der Waals surface area contributed by atoms with Crippen molar-refractivity contribution in [1.29, 1.82) is 0 Å². The van der Waals surface area contributed by atoms with Crippen molar-refractivity contribution in [1.82, 2.24) is 4.90 Å².